The summed E-state index contributed by atoms with van der Waals surface area (Å²) in [6, 6.07) is 7.11. The van der Waals surface area contributed by atoms with Crippen molar-refractivity contribution >= 4 is 94.5 Å². The van der Waals surface area contributed by atoms with Crippen LogP contribution in [0, 0.1) is 0 Å². The van der Waals surface area contributed by atoms with Crippen LogP contribution in [0.1, 0.15) is 48.2 Å². The lowest BCUT2D eigenvalue weighted by Gasteiger charge is -2.29. The van der Waals surface area contributed by atoms with Gasteiger partial charge in [0.05, 0.1) is 38.9 Å². The van der Waals surface area contributed by atoms with Gasteiger partial charge < -0.3 is 10.0 Å². The Kier molecular flexibility index (Phi) is 12.9. The second-order valence-electron chi connectivity index (χ2n) is 15.0. The van der Waals surface area contributed by atoms with Crippen LogP contribution in [0.3, 0.4) is 0 Å². The van der Waals surface area contributed by atoms with Crippen molar-refractivity contribution in [1.29, 1.82) is 0 Å². The summed E-state index contributed by atoms with van der Waals surface area (Å²) >= 11 is 0. The summed E-state index contributed by atoms with van der Waals surface area (Å²) in [4.78, 5) is 11.2. The monoisotopic (exact) mass is 987 g/mol. The fourth-order valence-electron chi connectivity index (χ4n) is 8.10. The number of carboxylic acids is 1. The van der Waals surface area contributed by atoms with Gasteiger partial charge in [-0.05, 0) is 67.6 Å². The number of nitrogens with zero attached hydrogens (tertiary/aromatic N) is 2. The van der Waals surface area contributed by atoms with Gasteiger partial charge in [-0.2, -0.15) is 55.1 Å². The van der Waals surface area contributed by atoms with Crippen molar-refractivity contribution in [2.75, 3.05) is 41.0 Å². The summed E-state index contributed by atoms with van der Waals surface area (Å²) in [5.41, 5.74) is -4.34. The Hall–Kier alpha value is -4.20. The van der Waals surface area contributed by atoms with Gasteiger partial charge in [-0.15, -0.1) is 0 Å². The molecule has 0 spiro atoms. The Morgan fingerprint density at radius 2 is 1.27 bits per heavy atom. The van der Waals surface area contributed by atoms with Crippen LogP contribution >= 0.6 is 0 Å². The Bertz CT molecular complexity index is 3200. The summed E-state index contributed by atoms with van der Waals surface area (Å²) in [6.07, 6.45) is 2.94. The highest BCUT2D eigenvalue weighted by molar-refractivity contribution is 7.87. The summed E-state index contributed by atoms with van der Waals surface area (Å²) in [6.45, 7) is 1.88. The van der Waals surface area contributed by atoms with E-state index < -0.39 is 116 Å². The Morgan fingerprint density at radius 3 is 1.81 bits per heavy atom. The standard InChI is InChI=1S/C34H38N2O20S6/c1-33(19-59(45,46)47)25-10-8-21(32(37)38)16-27(25)36(13-5-15-58(42,43)44)29(33)6-3-7-30-34(2,20-60(48,49)50)31-24-17-22(61(51,52)53)18-28(62(54,55)56)23(24)9-11-26(31)35(30)12-4-14-57(39,40)41/h3,6-11,16-18H,4-5,12-15,19-20H2,1-2H3,(H6-,37,38,39,40,41,42,43,44,45,46,47,48,49,50,51,52,53,54,55,56)/p+1. The van der Waals surface area contributed by atoms with Crippen LogP contribution in [0.5, 0.6) is 0 Å². The number of carbonyl (C=O) groups is 1. The fraction of sp³-hybridized carbons (Fsp3) is 0.353. The Morgan fingerprint density at radius 1 is 0.694 bits per heavy atom. The van der Waals surface area contributed by atoms with Crippen molar-refractivity contribution in [3.63, 3.8) is 0 Å². The van der Waals surface area contributed by atoms with Crippen molar-refractivity contribution in [2.24, 2.45) is 0 Å². The van der Waals surface area contributed by atoms with Crippen molar-refractivity contribution in [3.8, 4) is 0 Å². The van der Waals surface area contributed by atoms with Crippen molar-refractivity contribution < 1.29 is 92.3 Å². The first-order chi connectivity index (χ1) is 28.1. The minimum atomic E-state index is -5.28. The smallest absolute Gasteiger partial charge is 0.335 e. The molecule has 3 aromatic rings. The maximum atomic E-state index is 12.8. The molecule has 2 aliphatic rings. The fourth-order valence-corrected chi connectivity index (χ4v) is 12.5. The third kappa shape index (κ3) is 10.6. The molecular weight excluding hydrogens is 949 g/mol. The highest BCUT2D eigenvalue weighted by Crippen LogP contribution is 2.50. The zero-order valence-corrected chi connectivity index (χ0v) is 37.1. The molecule has 0 radical (unpaired) electrons. The second-order valence-corrected chi connectivity index (χ2v) is 23.8. The first-order valence-electron chi connectivity index (χ1n) is 17.6. The molecule has 2 heterocycles. The predicted octanol–water partition coefficient (Wildman–Crippen LogP) is 1.94. The van der Waals surface area contributed by atoms with Gasteiger partial charge in [0.2, 0.25) is 5.69 Å². The van der Waals surface area contributed by atoms with E-state index in [0.717, 1.165) is 24.3 Å². The van der Waals surface area contributed by atoms with Gasteiger partial charge >= 0.3 is 5.97 Å². The van der Waals surface area contributed by atoms with Gasteiger partial charge in [-0.25, -0.2) is 4.79 Å². The molecule has 0 fully saturated rings. The maximum absolute atomic E-state index is 12.8. The summed E-state index contributed by atoms with van der Waals surface area (Å²) in [7, 11) is -29.7. The first-order valence-corrected chi connectivity index (χ1v) is 26.9. The van der Waals surface area contributed by atoms with Crippen LogP contribution in [0.4, 0.5) is 11.4 Å². The quantitative estimate of drug-likeness (QED) is 0.0750. The zero-order valence-electron chi connectivity index (χ0n) is 32.2. The molecular formula is C34H39N2O20S6+. The van der Waals surface area contributed by atoms with E-state index in [4.69, 9.17) is 0 Å². The van der Waals surface area contributed by atoms with E-state index in [1.807, 2.05) is 0 Å². The molecule has 0 aliphatic carbocycles. The SMILES string of the molecule is CC1(CS(=O)(=O)O)C(/C=C/C=C2/N(CCCS(=O)(=O)O)c3cc(C(=O)O)ccc3C2(C)CS(=O)(=O)O)=[N+](CCCS(=O)(=O)O)c2ccc3c(S(=O)(=O)O)cc(S(=O)(=O)O)cc3c21. The summed E-state index contributed by atoms with van der Waals surface area (Å²) < 4.78 is 208. The lowest BCUT2D eigenvalue weighted by molar-refractivity contribution is -0.437. The average Bonchev–Trinajstić information content (AvgIpc) is 3.43. The summed E-state index contributed by atoms with van der Waals surface area (Å²) in [5, 5.41) is 8.97. The molecule has 0 aromatic heterocycles. The molecule has 0 saturated heterocycles. The van der Waals surface area contributed by atoms with Crippen molar-refractivity contribution in [2.45, 2.75) is 47.3 Å². The number of fused-ring (bicyclic) bond motifs is 4. The molecule has 2 unspecified atom stereocenters. The number of rotatable bonds is 17. The highest BCUT2D eigenvalue weighted by atomic mass is 32.2. The molecule has 62 heavy (non-hydrogen) atoms. The number of hydrogen-bond donors (Lipinski definition) is 7. The van der Waals surface area contributed by atoms with E-state index >= 15 is 0 Å². The van der Waals surface area contributed by atoms with E-state index in [1.54, 1.807) is 0 Å². The van der Waals surface area contributed by atoms with Gasteiger partial charge in [0.1, 0.15) is 16.9 Å². The third-order valence-corrected chi connectivity index (χ3v) is 15.5. The minimum absolute atomic E-state index is 0.0224. The molecule has 3 aromatic carbocycles. The van der Waals surface area contributed by atoms with Crippen molar-refractivity contribution in [1.82, 2.24) is 0 Å². The van der Waals surface area contributed by atoms with Gasteiger partial charge in [0.25, 0.3) is 60.7 Å². The number of hydrogen-bond acceptors (Lipinski definition) is 14. The van der Waals surface area contributed by atoms with E-state index in [9.17, 15) is 87.7 Å². The molecule has 2 aliphatic heterocycles. The molecule has 5 rings (SSSR count). The topological polar surface area (TPSA) is 370 Å². The lowest BCUT2D eigenvalue weighted by Crippen LogP contribution is -2.38. The van der Waals surface area contributed by atoms with Crippen LogP contribution in [0.15, 0.2) is 76.2 Å². The Labute approximate surface area is 356 Å². The molecule has 2 atom stereocenters. The largest absolute Gasteiger partial charge is 0.478 e. The van der Waals surface area contributed by atoms with Crippen LogP contribution in [0.25, 0.3) is 10.8 Å². The van der Waals surface area contributed by atoms with Gasteiger partial charge in [0, 0.05) is 47.4 Å². The normalized spacial score (nSPS) is 20.7. The van der Waals surface area contributed by atoms with Crippen molar-refractivity contribution in [3.05, 3.63) is 83.1 Å². The number of anilines is 1. The van der Waals surface area contributed by atoms with E-state index in [-0.39, 0.29) is 70.8 Å². The predicted molar refractivity (Wildman–Crippen MR) is 221 cm³/mol. The number of carboxylic acid groups (broad SMARTS) is 1. The first kappa shape index (κ1) is 48.8. The van der Waals surface area contributed by atoms with Gasteiger partial charge in [0.15, 0.2) is 5.71 Å². The number of aromatic carboxylic acids is 1. The molecule has 0 bridgehead atoms. The molecule has 7 N–H and O–H groups in total. The van der Waals surface area contributed by atoms with Gasteiger partial charge in [-0.1, -0.05) is 12.1 Å². The van der Waals surface area contributed by atoms with Crippen LogP contribution in [0.2, 0.25) is 0 Å². The molecule has 28 heteroatoms. The lowest BCUT2D eigenvalue weighted by atomic mass is 9.78. The van der Waals surface area contributed by atoms with E-state index in [0.29, 0.717) is 6.07 Å². The van der Waals surface area contributed by atoms with E-state index in [2.05, 4.69) is 0 Å². The highest BCUT2D eigenvalue weighted by Gasteiger charge is 2.52. The van der Waals surface area contributed by atoms with Crippen LogP contribution in [-0.4, -0.2) is 135 Å². The summed E-state index contributed by atoms with van der Waals surface area (Å²) in [5.74, 6) is -5.34. The second kappa shape index (κ2) is 16.4. The Balaban J connectivity index is 1.86. The van der Waals surface area contributed by atoms with Gasteiger partial charge in [-0.3, -0.25) is 27.3 Å². The van der Waals surface area contributed by atoms with Crippen LogP contribution < -0.4 is 4.90 Å². The third-order valence-electron chi connectivity index (χ3n) is 10.3. The zero-order chi connectivity index (χ0) is 46.8. The maximum Gasteiger partial charge on any atom is 0.335 e. The number of benzene rings is 3. The van der Waals surface area contributed by atoms with Crippen LogP contribution in [-0.2, 0) is 71.5 Å². The average molecular weight is 988 g/mol. The molecule has 0 saturated carbocycles. The molecule has 22 nitrogen and oxygen atoms in total. The molecule has 0 amide bonds. The van der Waals surface area contributed by atoms with E-state index in [1.165, 1.54) is 53.7 Å². The molecule has 340 valence electrons. The minimum Gasteiger partial charge on any atom is -0.478 e. The number of allylic oxidation sites excluding steroid dienone is 4.